The van der Waals surface area contributed by atoms with Gasteiger partial charge in [0.25, 0.3) is 5.91 Å². The molecule has 0 saturated heterocycles. The van der Waals surface area contributed by atoms with Crippen LogP contribution in [0.3, 0.4) is 0 Å². The molecule has 0 radical (unpaired) electrons. The minimum Gasteiger partial charge on any atom is -0.376 e. The molecule has 1 aromatic carbocycles. The molecule has 0 saturated carbocycles. The van der Waals surface area contributed by atoms with Crippen LogP contribution in [0.25, 0.3) is 0 Å². The third-order valence-corrected chi connectivity index (χ3v) is 3.99. The fourth-order valence-corrected chi connectivity index (χ4v) is 2.70. The molecular weight excluding hydrogens is 290 g/mol. The average molecular weight is 315 g/mol. The van der Waals surface area contributed by atoms with E-state index in [4.69, 9.17) is 0 Å². The number of hydrogen-bond donors (Lipinski definition) is 3. The quantitative estimate of drug-likeness (QED) is 0.677. The smallest absolute Gasteiger partial charge is 0.253 e. The van der Waals surface area contributed by atoms with Crippen LogP contribution in [0.15, 0.2) is 35.9 Å². The highest BCUT2D eigenvalue weighted by Gasteiger charge is 2.10. The van der Waals surface area contributed by atoms with Crippen molar-refractivity contribution >= 4 is 17.5 Å². The molecule has 124 valence electrons. The van der Waals surface area contributed by atoms with Crippen molar-refractivity contribution in [2.75, 3.05) is 25.5 Å². The van der Waals surface area contributed by atoms with Gasteiger partial charge in [0, 0.05) is 19.3 Å². The van der Waals surface area contributed by atoms with Crippen molar-refractivity contribution in [2.24, 2.45) is 0 Å². The predicted octanol–water partition coefficient (Wildman–Crippen LogP) is 2.46. The second kappa shape index (κ2) is 8.98. The van der Waals surface area contributed by atoms with Gasteiger partial charge < -0.3 is 16.0 Å². The highest BCUT2D eigenvalue weighted by atomic mass is 16.2. The van der Waals surface area contributed by atoms with Crippen LogP contribution >= 0.6 is 0 Å². The fraction of sp³-hybridized carbons (Fsp3) is 0.444. The Morgan fingerprint density at radius 1 is 1.17 bits per heavy atom. The molecule has 23 heavy (non-hydrogen) atoms. The van der Waals surface area contributed by atoms with Crippen molar-refractivity contribution in [1.82, 2.24) is 10.6 Å². The van der Waals surface area contributed by atoms with Gasteiger partial charge in [-0.3, -0.25) is 9.59 Å². The minimum atomic E-state index is -0.169. The molecule has 2 amide bonds. The fourth-order valence-electron chi connectivity index (χ4n) is 2.70. The van der Waals surface area contributed by atoms with Crippen LogP contribution in [0.4, 0.5) is 5.69 Å². The molecule has 0 fully saturated rings. The third kappa shape index (κ3) is 5.43. The number of hydrogen-bond acceptors (Lipinski definition) is 3. The van der Waals surface area contributed by atoms with E-state index < -0.39 is 0 Å². The van der Waals surface area contributed by atoms with E-state index in [2.05, 4.69) is 22.0 Å². The normalized spacial score (nSPS) is 13.9. The lowest BCUT2D eigenvalue weighted by atomic mass is 9.97. The summed E-state index contributed by atoms with van der Waals surface area (Å²) in [5.74, 6) is -0.231. The number of rotatable bonds is 7. The molecule has 1 aromatic rings. The number of benzene rings is 1. The largest absolute Gasteiger partial charge is 0.376 e. The van der Waals surface area contributed by atoms with Crippen LogP contribution in [0.1, 0.15) is 42.5 Å². The van der Waals surface area contributed by atoms with Gasteiger partial charge in [0.2, 0.25) is 5.91 Å². The van der Waals surface area contributed by atoms with Gasteiger partial charge in [0.1, 0.15) is 0 Å². The van der Waals surface area contributed by atoms with Gasteiger partial charge in [-0.1, -0.05) is 23.8 Å². The highest BCUT2D eigenvalue weighted by Crippen LogP contribution is 2.19. The number of para-hydroxylation sites is 1. The molecule has 1 aliphatic rings. The van der Waals surface area contributed by atoms with E-state index in [1.54, 1.807) is 25.2 Å². The zero-order chi connectivity index (χ0) is 16.5. The van der Waals surface area contributed by atoms with Gasteiger partial charge in [-0.15, -0.1) is 0 Å². The highest BCUT2D eigenvalue weighted by molar-refractivity contribution is 5.99. The van der Waals surface area contributed by atoms with Crippen LogP contribution in [0.5, 0.6) is 0 Å². The number of anilines is 1. The van der Waals surface area contributed by atoms with Crippen molar-refractivity contribution in [1.29, 1.82) is 0 Å². The monoisotopic (exact) mass is 315 g/mol. The third-order valence-electron chi connectivity index (χ3n) is 3.99. The number of allylic oxidation sites excluding steroid dienone is 1. The van der Waals surface area contributed by atoms with E-state index in [9.17, 15) is 9.59 Å². The standard InChI is InChI=1S/C18H25N3O2/c1-19-18(23)15-9-5-6-10-16(15)21-13-17(22)20-12-11-14-7-3-2-4-8-14/h5-7,9-10,21H,2-4,8,11-13H2,1H3,(H,19,23)(H,20,22). The van der Waals surface area contributed by atoms with E-state index >= 15 is 0 Å². The van der Waals surface area contributed by atoms with Gasteiger partial charge in [-0.2, -0.15) is 0 Å². The van der Waals surface area contributed by atoms with Crippen LogP contribution in [-0.2, 0) is 4.79 Å². The van der Waals surface area contributed by atoms with Crippen molar-refractivity contribution in [3.63, 3.8) is 0 Å². The molecule has 3 N–H and O–H groups in total. The van der Waals surface area contributed by atoms with E-state index in [1.165, 1.54) is 24.8 Å². The molecule has 0 spiro atoms. The maximum absolute atomic E-state index is 11.9. The Balaban J connectivity index is 1.76. The first-order valence-corrected chi connectivity index (χ1v) is 8.20. The molecular formula is C18H25N3O2. The van der Waals surface area contributed by atoms with Crippen LogP contribution in [-0.4, -0.2) is 32.0 Å². The summed E-state index contributed by atoms with van der Waals surface area (Å²) in [6.45, 7) is 0.830. The molecule has 1 aliphatic carbocycles. The van der Waals surface area contributed by atoms with Crippen molar-refractivity contribution < 1.29 is 9.59 Å². The van der Waals surface area contributed by atoms with E-state index in [0.717, 1.165) is 12.8 Å². The molecule has 5 nitrogen and oxygen atoms in total. The molecule has 0 aliphatic heterocycles. The average Bonchev–Trinajstić information content (AvgIpc) is 2.60. The first-order valence-electron chi connectivity index (χ1n) is 8.20. The van der Waals surface area contributed by atoms with Crippen molar-refractivity contribution in [3.05, 3.63) is 41.5 Å². The van der Waals surface area contributed by atoms with Crippen LogP contribution in [0, 0.1) is 0 Å². The lowest BCUT2D eigenvalue weighted by molar-refractivity contribution is -0.119. The number of carbonyl (C=O) groups is 2. The summed E-state index contributed by atoms with van der Waals surface area (Å²) >= 11 is 0. The summed E-state index contributed by atoms with van der Waals surface area (Å²) in [5, 5.41) is 8.54. The zero-order valence-electron chi connectivity index (χ0n) is 13.7. The number of amides is 2. The zero-order valence-corrected chi connectivity index (χ0v) is 13.7. The summed E-state index contributed by atoms with van der Waals surface area (Å²) in [6.07, 6.45) is 8.10. The molecule has 0 heterocycles. The summed E-state index contributed by atoms with van der Waals surface area (Å²) in [7, 11) is 1.59. The van der Waals surface area contributed by atoms with Gasteiger partial charge in [-0.25, -0.2) is 0 Å². The Hall–Kier alpha value is -2.30. The molecule has 0 bridgehead atoms. The maximum Gasteiger partial charge on any atom is 0.253 e. The Bertz CT molecular complexity index is 581. The number of nitrogens with one attached hydrogen (secondary N) is 3. The Morgan fingerprint density at radius 3 is 2.74 bits per heavy atom. The molecule has 0 aromatic heterocycles. The Kier molecular flexibility index (Phi) is 6.66. The summed E-state index contributed by atoms with van der Waals surface area (Å²) < 4.78 is 0. The minimum absolute atomic E-state index is 0.0619. The summed E-state index contributed by atoms with van der Waals surface area (Å²) in [5.41, 5.74) is 2.65. The Morgan fingerprint density at radius 2 is 2.00 bits per heavy atom. The van der Waals surface area contributed by atoms with E-state index in [0.29, 0.717) is 17.8 Å². The van der Waals surface area contributed by atoms with E-state index in [-0.39, 0.29) is 18.4 Å². The van der Waals surface area contributed by atoms with E-state index in [1.807, 2.05) is 6.07 Å². The first-order chi connectivity index (χ1) is 11.2. The first kappa shape index (κ1) is 17.1. The molecule has 2 rings (SSSR count). The molecule has 0 unspecified atom stereocenters. The van der Waals surface area contributed by atoms with Gasteiger partial charge in [0.05, 0.1) is 12.1 Å². The summed E-state index contributed by atoms with van der Waals surface area (Å²) in [6, 6.07) is 7.16. The lowest BCUT2D eigenvalue weighted by Crippen LogP contribution is -2.31. The second-order valence-electron chi connectivity index (χ2n) is 5.69. The second-order valence-corrected chi connectivity index (χ2v) is 5.69. The maximum atomic E-state index is 11.9. The van der Waals surface area contributed by atoms with Gasteiger partial charge in [-0.05, 0) is 44.2 Å². The van der Waals surface area contributed by atoms with Crippen molar-refractivity contribution in [3.8, 4) is 0 Å². The topological polar surface area (TPSA) is 70.2 Å². The Labute approximate surface area is 137 Å². The SMILES string of the molecule is CNC(=O)c1ccccc1NCC(=O)NCCC1=CCCCC1. The van der Waals surface area contributed by atoms with Crippen LogP contribution < -0.4 is 16.0 Å². The molecule has 5 heteroatoms. The lowest BCUT2D eigenvalue weighted by Gasteiger charge is -2.14. The summed E-state index contributed by atoms with van der Waals surface area (Å²) in [4.78, 5) is 23.7. The van der Waals surface area contributed by atoms with Gasteiger partial charge in [0.15, 0.2) is 0 Å². The van der Waals surface area contributed by atoms with Gasteiger partial charge >= 0.3 is 0 Å². The van der Waals surface area contributed by atoms with Crippen LogP contribution in [0.2, 0.25) is 0 Å². The predicted molar refractivity (Wildman–Crippen MR) is 92.5 cm³/mol. The number of carbonyl (C=O) groups excluding carboxylic acids is 2. The molecule has 0 atom stereocenters. The van der Waals surface area contributed by atoms with Crippen molar-refractivity contribution in [2.45, 2.75) is 32.1 Å².